The van der Waals surface area contributed by atoms with Gasteiger partial charge in [-0.1, -0.05) is 0 Å². The average Bonchev–Trinajstić information content (AvgIpc) is 2.92. The Hall–Kier alpha value is -0.848. The fourth-order valence-electron chi connectivity index (χ4n) is 0.642. The molecule has 0 saturated carbocycles. The smallest absolute Gasteiger partial charge is 0.391 e. The normalized spacial score (nSPS) is 9.52. The molecule has 0 aromatic heterocycles. The Morgan fingerprint density at radius 2 is 0.714 bits per heavy atom. The third kappa shape index (κ3) is 67.3. The zero-order chi connectivity index (χ0) is 16.1. The first kappa shape index (κ1) is 25.1. The van der Waals surface area contributed by atoms with Crippen LogP contribution in [0.15, 0.2) is 60.7 Å². The maximum absolute atomic E-state index is 8.52. The van der Waals surface area contributed by atoms with Crippen LogP contribution in [0.3, 0.4) is 0 Å². The molecule has 2 N–H and O–H groups in total. The molecule has 2 aromatic carbocycles. The minimum atomic E-state index is -0.500. The van der Waals surface area contributed by atoms with Gasteiger partial charge < -0.3 is 10.2 Å². The molecular formula is C18H30CrO2. The van der Waals surface area contributed by atoms with Crippen molar-refractivity contribution in [2.24, 2.45) is 0 Å². The SMILES string of the molecule is CC(C)(C)O.CC(C)(C)O.[Cr+2].c1cc[cH-]c1.c1cc[cH-]c1. The van der Waals surface area contributed by atoms with Crippen molar-refractivity contribution in [2.45, 2.75) is 52.7 Å². The van der Waals surface area contributed by atoms with Crippen LogP contribution >= 0.6 is 0 Å². The maximum atomic E-state index is 8.52. The van der Waals surface area contributed by atoms with Gasteiger partial charge in [-0.05, 0) is 41.5 Å². The average molecular weight is 330 g/mol. The van der Waals surface area contributed by atoms with Gasteiger partial charge in [0.05, 0.1) is 11.2 Å². The minimum Gasteiger partial charge on any atom is -0.391 e. The standard InChI is InChI=1S/2C5H5.2C4H10O.Cr/c2*1-2-4-5-3-1;2*1-4(2,3)5;/h2*1-5H;2*5H,1-3H3;/q2*-1;;;+2. The van der Waals surface area contributed by atoms with Crippen LogP contribution in [0.5, 0.6) is 0 Å². The second-order valence-electron chi connectivity index (χ2n) is 6.27. The van der Waals surface area contributed by atoms with Gasteiger partial charge in [0.25, 0.3) is 0 Å². The largest absolute Gasteiger partial charge is 2.00 e. The van der Waals surface area contributed by atoms with Crippen LogP contribution < -0.4 is 0 Å². The molecule has 0 aliphatic heterocycles. The molecule has 0 aliphatic carbocycles. The summed E-state index contributed by atoms with van der Waals surface area (Å²) in [4.78, 5) is 0. The summed E-state index contributed by atoms with van der Waals surface area (Å²) in [5.41, 5.74) is -1.00. The summed E-state index contributed by atoms with van der Waals surface area (Å²) in [6.07, 6.45) is 0. The molecule has 2 rings (SSSR count). The summed E-state index contributed by atoms with van der Waals surface area (Å²) < 4.78 is 0. The fraction of sp³-hybridized carbons (Fsp3) is 0.444. The van der Waals surface area contributed by atoms with Crippen molar-refractivity contribution < 1.29 is 27.6 Å². The van der Waals surface area contributed by atoms with Crippen LogP contribution in [0.1, 0.15) is 41.5 Å². The molecule has 0 unspecified atom stereocenters. The van der Waals surface area contributed by atoms with E-state index in [0.29, 0.717) is 0 Å². The van der Waals surface area contributed by atoms with Gasteiger partial charge in [0, 0.05) is 0 Å². The van der Waals surface area contributed by atoms with Crippen LogP contribution in [0.4, 0.5) is 0 Å². The Balaban J connectivity index is -0.000000202. The molecule has 0 atom stereocenters. The summed E-state index contributed by atoms with van der Waals surface area (Å²) in [5.74, 6) is 0. The number of rotatable bonds is 0. The Labute approximate surface area is 141 Å². The van der Waals surface area contributed by atoms with Gasteiger partial charge in [-0.3, -0.25) is 0 Å². The van der Waals surface area contributed by atoms with Crippen LogP contribution in [-0.4, -0.2) is 21.4 Å². The zero-order valence-corrected chi connectivity index (χ0v) is 15.4. The first-order valence-electron chi connectivity index (χ1n) is 6.78. The molecular weight excluding hydrogens is 300 g/mol. The number of aliphatic hydroxyl groups is 2. The van der Waals surface area contributed by atoms with E-state index in [2.05, 4.69) is 0 Å². The topological polar surface area (TPSA) is 40.5 Å². The van der Waals surface area contributed by atoms with Crippen molar-refractivity contribution in [1.82, 2.24) is 0 Å². The molecule has 2 aromatic rings. The third-order valence-corrected chi connectivity index (χ3v) is 1.11. The molecule has 0 fully saturated rings. The van der Waals surface area contributed by atoms with Crippen molar-refractivity contribution >= 4 is 0 Å². The van der Waals surface area contributed by atoms with E-state index in [1.54, 1.807) is 41.5 Å². The van der Waals surface area contributed by atoms with Crippen molar-refractivity contribution in [1.29, 1.82) is 0 Å². The van der Waals surface area contributed by atoms with E-state index >= 15 is 0 Å². The maximum Gasteiger partial charge on any atom is 2.00 e. The summed E-state index contributed by atoms with van der Waals surface area (Å²) in [7, 11) is 0. The Morgan fingerprint density at radius 3 is 0.762 bits per heavy atom. The molecule has 21 heavy (non-hydrogen) atoms. The third-order valence-electron chi connectivity index (χ3n) is 1.11. The van der Waals surface area contributed by atoms with Crippen LogP contribution in [0, 0.1) is 0 Å². The van der Waals surface area contributed by atoms with E-state index < -0.39 is 11.2 Å². The Kier molecular flexibility index (Phi) is 16.9. The molecule has 0 bridgehead atoms. The summed E-state index contributed by atoms with van der Waals surface area (Å²) in [6.45, 7) is 10.5. The Morgan fingerprint density at radius 1 is 0.571 bits per heavy atom. The van der Waals surface area contributed by atoms with E-state index in [0.717, 1.165) is 0 Å². The van der Waals surface area contributed by atoms with Crippen LogP contribution in [0.2, 0.25) is 0 Å². The van der Waals surface area contributed by atoms with Gasteiger partial charge in [0.15, 0.2) is 0 Å². The number of hydrogen-bond donors (Lipinski definition) is 2. The monoisotopic (exact) mass is 330 g/mol. The summed E-state index contributed by atoms with van der Waals surface area (Å²) in [6, 6.07) is 20.0. The van der Waals surface area contributed by atoms with E-state index in [1.165, 1.54) is 0 Å². The second-order valence-corrected chi connectivity index (χ2v) is 6.27. The van der Waals surface area contributed by atoms with Crippen molar-refractivity contribution in [2.75, 3.05) is 0 Å². The predicted octanol–water partition coefficient (Wildman–Crippen LogP) is 4.36. The minimum absolute atomic E-state index is 0. The molecule has 0 radical (unpaired) electrons. The van der Waals surface area contributed by atoms with E-state index in [4.69, 9.17) is 10.2 Å². The quantitative estimate of drug-likeness (QED) is 0.705. The van der Waals surface area contributed by atoms with Crippen molar-refractivity contribution in [3.8, 4) is 0 Å². The molecule has 3 heteroatoms. The van der Waals surface area contributed by atoms with Gasteiger partial charge in [-0.15, -0.1) is 0 Å². The van der Waals surface area contributed by atoms with E-state index in [-0.39, 0.29) is 17.4 Å². The van der Waals surface area contributed by atoms with Gasteiger partial charge >= 0.3 is 17.4 Å². The molecule has 0 heterocycles. The molecule has 0 spiro atoms. The second kappa shape index (κ2) is 14.1. The van der Waals surface area contributed by atoms with Gasteiger partial charge in [0.1, 0.15) is 0 Å². The van der Waals surface area contributed by atoms with Gasteiger partial charge in [-0.2, -0.15) is 36.4 Å². The van der Waals surface area contributed by atoms with Crippen LogP contribution in [-0.2, 0) is 17.4 Å². The predicted molar refractivity (Wildman–Crippen MR) is 88.0 cm³/mol. The molecule has 0 aliphatic rings. The molecule has 0 amide bonds. The van der Waals surface area contributed by atoms with E-state index in [1.807, 2.05) is 60.7 Å². The Bertz CT molecular complexity index is 266. The zero-order valence-electron chi connectivity index (χ0n) is 14.1. The van der Waals surface area contributed by atoms with Gasteiger partial charge in [0.2, 0.25) is 0 Å². The molecule has 2 nitrogen and oxygen atoms in total. The first-order valence-corrected chi connectivity index (χ1v) is 6.78. The van der Waals surface area contributed by atoms with Crippen molar-refractivity contribution in [3.63, 3.8) is 0 Å². The van der Waals surface area contributed by atoms with Crippen molar-refractivity contribution in [3.05, 3.63) is 60.7 Å². The number of hydrogen-bond acceptors (Lipinski definition) is 2. The summed E-state index contributed by atoms with van der Waals surface area (Å²) >= 11 is 0. The fourth-order valence-corrected chi connectivity index (χ4v) is 0.642. The van der Waals surface area contributed by atoms with Crippen LogP contribution in [0.25, 0.3) is 0 Å². The first-order chi connectivity index (χ1) is 9.00. The van der Waals surface area contributed by atoms with E-state index in [9.17, 15) is 0 Å². The summed E-state index contributed by atoms with van der Waals surface area (Å²) in [5, 5.41) is 17.0. The molecule has 120 valence electrons. The van der Waals surface area contributed by atoms with Gasteiger partial charge in [-0.25, -0.2) is 24.3 Å². The molecule has 0 saturated heterocycles.